The number of likely N-dealkylation sites (tertiary alicyclic amines) is 1. The van der Waals surface area contributed by atoms with Gasteiger partial charge >= 0.3 is 0 Å². The van der Waals surface area contributed by atoms with Gasteiger partial charge in [-0.25, -0.2) is 0 Å². The minimum atomic E-state index is 0.265. The molecule has 1 aromatic rings. The molecule has 1 aromatic carbocycles. The third kappa shape index (κ3) is 6.14. The second kappa shape index (κ2) is 10.9. The summed E-state index contributed by atoms with van der Waals surface area (Å²) in [7, 11) is 1.80. The number of benzene rings is 1. The molecule has 0 bridgehead atoms. The number of nitrogens with one attached hydrogen (secondary N) is 2. The van der Waals surface area contributed by atoms with Gasteiger partial charge in [0.1, 0.15) is 5.75 Å². The van der Waals surface area contributed by atoms with Crippen molar-refractivity contribution in [1.29, 1.82) is 0 Å². The first-order valence-corrected chi connectivity index (χ1v) is 12.2. The normalized spacial score (nSPS) is 23.2. The van der Waals surface area contributed by atoms with E-state index < -0.39 is 0 Å². The van der Waals surface area contributed by atoms with Crippen LogP contribution in [0.15, 0.2) is 29.3 Å². The van der Waals surface area contributed by atoms with Gasteiger partial charge in [0.25, 0.3) is 0 Å². The maximum absolute atomic E-state index is 12.7. The number of carbonyl (C=O) groups excluding carboxylic acids is 1. The number of rotatable bonds is 6. The average molecular weight is 427 g/mol. The Hall–Kier alpha value is -2.24. The molecule has 2 N–H and O–H groups in total. The minimum absolute atomic E-state index is 0.265. The number of amides is 1. The van der Waals surface area contributed by atoms with Crippen molar-refractivity contribution < 1.29 is 9.53 Å². The van der Waals surface area contributed by atoms with Gasteiger partial charge in [-0.3, -0.25) is 9.79 Å². The van der Waals surface area contributed by atoms with E-state index in [2.05, 4.69) is 39.9 Å². The van der Waals surface area contributed by atoms with E-state index in [0.717, 1.165) is 44.1 Å². The summed E-state index contributed by atoms with van der Waals surface area (Å²) in [5.41, 5.74) is 1.20. The van der Waals surface area contributed by atoms with Crippen LogP contribution in [0.1, 0.15) is 69.8 Å². The van der Waals surface area contributed by atoms with Crippen LogP contribution >= 0.6 is 0 Å². The zero-order valence-electron chi connectivity index (χ0n) is 18.9. The van der Waals surface area contributed by atoms with E-state index >= 15 is 0 Å². The maximum Gasteiger partial charge on any atom is 0.225 e. The third-order valence-corrected chi connectivity index (χ3v) is 7.01. The molecule has 2 saturated carbocycles. The SMILES string of the molecule is CN=C(NCc1ccc(OC2CCCCC2)cc1)NC1CCN(C(=O)C2CCCC2)C1. The van der Waals surface area contributed by atoms with E-state index in [-0.39, 0.29) is 12.0 Å². The first kappa shape index (κ1) is 22.0. The molecule has 1 unspecified atom stereocenters. The van der Waals surface area contributed by atoms with Crippen molar-refractivity contribution in [3.8, 4) is 5.75 Å². The van der Waals surface area contributed by atoms with E-state index in [1.165, 1.54) is 50.5 Å². The highest BCUT2D eigenvalue weighted by molar-refractivity contribution is 5.81. The Morgan fingerprint density at radius 2 is 1.74 bits per heavy atom. The number of carbonyl (C=O) groups is 1. The Bertz CT molecular complexity index is 736. The van der Waals surface area contributed by atoms with Crippen LogP contribution in [0, 0.1) is 5.92 Å². The smallest absolute Gasteiger partial charge is 0.225 e. The number of aliphatic imine (C=N–C) groups is 1. The Morgan fingerprint density at radius 3 is 2.45 bits per heavy atom. The molecule has 0 radical (unpaired) electrons. The van der Waals surface area contributed by atoms with E-state index in [1.54, 1.807) is 7.05 Å². The van der Waals surface area contributed by atoms with Gasteiger partial charge in [0.15, 0.2) is 5.96 Å². The molecule has 31 heavy (non-hydrogen) atoms. The van der Waals surface area contributed by atoms with Crippen molar-refractivity contribution in [1.82, 2.24) is 15.5 Å². The summed E-state index contributed by atoms with van der Waals surface area (Å²) in [6.45, 7) is 2.34. The molecule has 1 amide bonds. The molecule has 2 aliphatic carbocycles. The van der Waals surface area contributed by atoms with Gasteiger partial charge in [-0.05, 0) is 62.6 Å². The molecule has 1 atom stereocenters. The fourth-order valence-electron chi connectivity index (χ4n) is 5.14. The highest BCUT2D eigenvalue weighted by Gasteiger charge is 2.32. The molecule has 0 spiro atoms. The van der Waals surface area contributed by atoms with Crippen LogP contribution in [-0.2, 0) is 11.3 Å². The van der Waals surface area contributed by atoms with Crippen molar-refractivity contribution in [2.75, 3.05) is 20.1 Å². The molecule has 1 heterocycles. The second-order valence-electron chi connectivity index (χ2n) is 9.34. The van der Waals surface area contributed by atoms with Gasteiger partial charge in [-0.1, -0.05) is 31.4 Å². The average Bonchev–Trinajstić information content (AvgIpc) is 3.50. The van der Waals surface area contributed by atoms with Crippen molar-refractivity contribution in [3.63, 3.8) is 0 Å². The fraction of sp³-hybridized carbons (Fsp3) is 0.680. The van der Waals surface area contributed by atoms with Crippen LogP contribution in [0.4, 0.5) is 0 Å². The number of ether oxygens (including phenoxy) is 1. The van der Waals surface area contributed by atoms with Crippen molar-refractivity contribution in [3.05, 3.63) is 29.8 Å². The number of nitrogens with zero attached hydrogens (tertiary/aromatic N) is 2. The molecule has 3 fully saturated rings. The Labute approximate surface area is 186 Å². The van der Waals surface area contributed by atoms with Crippen molar-refractivity contribution in [2.24, 2.45) is 10.9 Å². The minimum Gasteiger partial charge on any atom is -0.490 e. The van der Waals surface area contributed by atoms with Gasteiger partial charge in [0.2, 0.25) is 5.91 Å². The summed E-state index contributed by atoms with van der Waals surface area (Å²) in [5, 5.41) is 6.90. The summed E-state index contributed by atoms with van der Waals surface area (Å²) in [6, 6.07) is 8.66. The Balaban J connectivity index is 1.20. The molecular formula is C25H38N4O2. The Morgan fingerprint density at radius 1 is 1.03 bits per heavy atom. The lowest BCUT2D eigenvalue weighted by Crippen LogP contribution is -2.45. The second-order valence-corrected chi connectivity index (χ2v) is 9.34. The van der Waals surface area contributed by atoms with E-state index in [0.29, 0.717) is 18.6 Å². The van der Waals surface area contributed by atoms with Crippen LogP contribution < -0.4 is 15.4 Å². The van der Waals surface area contributed by atoms with Crippen LogP contribution in [-0.4, -0.2) is 49.0 Å². The monoisotopic (exact) mass is 426 g/mol. The van der Waals surface area contributed by atoms with E-state index in [1.807, 2.05) is 4.90 Å². The third-order valence-electron chi connectivity index (χ3n) is 7.01. The first-order valence-electron chi connectivity index (χ1n) is 12.2. The predicted molar refractivity (Wildman–Crippen MR) is 124 cm³/mol. The molecule has 0 aromatic heterocycles. The lowest BCUT2D eigenvalue weighted by Gasteiger charge is -2.23. The summed E-state index contributed by atoms with van der Waals surface area (Å²) in [6.07, 6.45) is 12.2. The van der Waals surface area contributed by atoms with Crippen LogP contribution in [0.25, 0.3) is 0 Å². The summed E-state index contributed by atoms with van der Waals surface area (Å²) in [4.78, 5) is 19.1. The van der Waals surface area contributed by atoms with Gasteiger partial charge in [-0.15, -0.1) is 0 Å². The molecular weight excluding hydrogens is 388 g/mol. The molecule has 170 valence electrons. The highest BCUT2D eigenvalue weighted by atomic mass is 16.5. The lowest BCUT2D eigenvalue weighted by molar-refractivity contribution is -0.134. The van der Waals surface area contributed by atoms with Crippen LogP contribution in [0.5, 0.6) is 5.75 Å². The topological polar surface area (TPSA) is 66.0 Å². The maximum atomic E-state index is 12.7. The van der Waals surface area contributed by atoms with Crippen molar-refractivity contribution in [2.45, 2.75) is 82.9 Å². The largest absolute Gasteiger partial charge is 0.490 e. The summed E-state index contributed by atoms with van der Waals surface area (Å²) >= 11 is 0. The first-order chi connectivity index (χ1) is 15.2. The summed E-state index contributed by atoms with van der Waals surface area (Å²) < 4.78 is 6.12. The van der Waals surface area contributed by atoms with Gasteiger partial charge in [0.05, 0.1) is 6.10 Å². The number of hydrogen-bond donors (Lipinski definition) is 2. The zero-order chi connectivity index (χ0) is 21.5. The van der Waals surface area contributed by atoms with Gasteiger partial charge in [0, 0.05) is 38.6 Å². The van der Waals surface area contributed by atoms with Gasteiger partial charge in [-0.2, -0.15) is 0 Å². The van der Waals surface area contributed by atoms with Crippen molar-refractivity contribution >= 4 is 11.9 Å². The quantitative estimate of drug-likeness (QED) is 0.536. The van der Waals surface area contributed by atoms with Crippen LogP contribution in [0.3, 0.4) is 0 Å². The van der Waals surface area contributed by atoms with Crippen LogP contribution in [0.2, 0.25) is 0 Å². The highest BCUT2D eigenvalue weighted by Crippen LogP contribution is 2.28. The summed E-state index contributed by atoms with van der Waals surface area (Å²) in [5.74, 6) is 2.39. The number of guanidine groups is 1. The molecule has 1 aliphatic heterocycles. The molecule has 4 rings (SSSR count). The molecule has 6 nitrogen and oxygen atoms in total. The molecule has 6 heteroatoms. The molecule has 1 saturated heterocycles. The lowest BCUT2D eigenvalue weighted by atomic mass is 9.98. The van der Waals surface area contributed by atoms with E-state index in [9.17, 15) is 4.79 Å². The number of hydrogen-bond acceptors (Lipinski definition) is 3. The zero-order valence-corrected chi connectivity index (χ0v) is 18.9. The Kier molecular flexibility index (Phi) is 7.71. The van der Waals surface area contributed by atoms with E-state index in [4.69, 9.17) is 4.74 Å². The standard InChI is InChI=1S/C25H38N4O2/c1-26-25(28-21-15-16-29(18-21)24(30)20-7-5-6-8-20)27-17-19-11-13-23(14-12-19)31-22-9-3-2-4-10-22/h11-14,20-22H,2-10,15-18H2,1H3,(H2,26,27,28). The van der Waals surface area contributed by atoms with Gasteiger partial charge < -0.3 is 20.3 Å². The fourth-order valence-corrected chi connectivity index (χ4v) is 5.14. The molecule has 3 aliphatic rings. The predicted octanol–water partition coefficient (Wildman–Crippen LogP) is 3.85.